The summed E-state index contributed by atoms with van der Waals surface area (Å²) < 4.78 is 18.4. The Morgan fingerprint density at radius 2 is 2.25 bits per heavy atom. The minimum absolute atomic E-state index is 0.0817. The second kappa shape index (κ2) is 7.00. The molecule has 20 heavy (non-hydrogen) atoms. The molecule has 0 aliphatic carbocycles. The number of nitrogens with zero attached hydrogens (tertiary/aromatic N) is 1. The lowest BCUT2D eigenvalue weighted by Gasteiger charge is -2.07. The maximum Gasteiger partial charge on any atom is 0.257 e. The van der Waals surface area contributed by atoms with Crippen LogP contribution in [-0.4, -0.2) is 24.0 Å². The number of aromatic nitrogens is 1. The highest BCUT2D eigenvalue weighted by Crippen LogP contribution is 2.15. The van der Waals surface area contributed by atoms with Gasteiger partial charge in [-0.15, -0.1) is 11.3 Å². The van der Waals surface area contributed by atoms with E-state index < -0.39 is 5.82 Å². The molecule has 0 radical (unpaired) electrons. The van der Waals surface area contributed by atoms with E-state index in [2.05, 4.69) is 10.3 Å². The Kier molecular flexibility index (Phi) is 5.06. The minimum Gasteiger partial charge on any atom is -0.481 e. The number of para-hydroxylation sites is 1. The number of aryl methyl sites for hydroxylation is 1. The lowest BCUT2D eigenvalue weighted by Crippen LogP contribution is -2.30. The van der Waals surface area contributed by atoms with Crippen molar-refractivity contribution in [2.24, 2.45) is 0 Å². The Morgan fingerprint density at radius 3 is 2.95 bits per heavy atom. The van der Waals surface area contributed by atoms with Crippen molar-refractivity contribution in [1.29, 1.82) is 0 Å². The normalized spacial score (nSPS) is 10.3. The average Bonchev–Trinajstić information content (AvgIpc) is 2.83. The van der Waals surface area contributed by atoms with Crippen molar-refractivity contribution < 1.29 is 13.9 Å². The summed E-state index contributed by atoms with van der Waals surface area (Å²) in [6.07, 6.45) is 2.49. The quantitative estimate of drug-likeness (QED) is 0.889. The van der Waals surface area contributed by atoms with Crippen LogP contribution in [0.1, 0.15) is 9.88 Å². The summed E-state index contributed by atoms with van der Waals surface area (Å²) >= 11 is 1.61. The maximum atomic E-state index is 13.3. The van der Waals surface area contributed by atoms with Crippen LogP contribution < -0.4 is 10.1 Å². The van der Waals surface area contributed by atoms with E-state index in [0.717, 1.165) is 9.88 Å². The number of hydrogen-bond acceptors (Lipinski definition) is 4. The summed E-state index contributed by atoms with van der Waals surface area (Å²) in [5.41, 5.74) is 0. The van der Waals surface area contributed by atoms with Gasteiger partial charge in [0, 0.05) is 24.0 Å². The number of thiazole rings is 1. The van der Waals surface area contributed by atoms with Gasteiger partial charge in [-0.3, -0.25) is 4.79 Å². The van der Waals surface area contributed by atoms with Crippen LogP contribution in [0.25, 0.3) is 0 Å². The highest BCUT2D eigenvalue weighted by atomic mass is 32.1. The molecule has 1 aromatic carbocycles. The average molecular weight is 294 g/mol. The fraction of sp³-hybridized carbons (Fsp3) is 0.286. The SMILES string of the molecule is Cc1cnc(CCNC(=O)COc2ccccc2F)s1. The van der Waals surface area contributed by atoms with Gasteiger partial charge in [0.2, 0.25) is 0 Å². The highest BCUT2D eigenvalue weighted by molar-refractivity contribution is 7.11. The van der Waals surface area contributed by atoms with Crippen molar-refractivity contribution >= 4 is 17.2 Å². The van der Waals surface area contributed by atoms with Crippen molar-refractivity contribution in [3.63, 3.8) is 0 Å². The Bertz CT molecular complexity index is 586. The third kappa shape index (κ3) is 4.31. The minimum atomic E-state index is -0.474. The largest absolute Gasteiger partial charge is 0.481 e. The van der Waals surface area contributed by atoms with E-state index in [1.807, 2.05) is 13.1 Å². The Morgan fingerprint density at radius 1 is 1.45 bits per heavy atom. The van der Waals surface area contributed by atoms with Crippen molar-refractivity contribution in [2.45, 2.75) is 13.3 Å². The summed E-state index contributed by atoms with van der Waals surface area (Å²) in [6.45, 7) is 2.28. The zero-order valence-corrected chi connectivity index (χ0v) is 11.9. The zero-order valence-electron chi connectivity index (χ0n) is 11.1. The summed E-state index contributed by atoms with van der Waals surface area (Å²) in [5, 5.41) is 3.69. The number of halogens is 1. The fourth-order valence-electron chi connectivity index (χ4n) is 1.58. The third-order valence-electron chi connectivity index (χ3n) is 2.53. The van der Waals surface area contributed by atoms with Gasteiger partial charge in [-0.05, 0) is 19.1 Å². The van der Waals surface area contributed by atoms with Crippen LogP contribution in [0, 0.1) is 12.7 Å². The van der Waals surface area contributed by atoms with E-state index in [4.69, 9.17) is 4.74 Å². The first-order valence-electron chi connectivity index (χ1n) is 6.20. The fourth-order valence-corrected chi connectivity index (χ4v) is 2.37. The molecule has 4 nitrogen and oxygen atoms in total. The van der Waals surface area contributed by atoms with E-state index in [9.17, 15) is 9.18 Å². The van der Waals surface area contributed by atoms with Crippen LogP contribution in [0.15, 0.2) is 30.5 Å². The zero-order chi connectivity index (χ0) is 14.4. The highest BCUT2D eigenvalue weighted by Gasteiger charge is 2.06. The molecule has 106 valence electrons. The van der Waals surface area contributed by atoms with Gasteiger partial charge in [0.25, 0.3) is 5.91 Å². The topological polar surface area (TPSA) is 51.2 Å². The molecular weight excluding hydrogens is 279 g/mol. The molecule has 1 heterocycles. The van der Waals surface area contributed by atoms with Gasteiger partial charge < -0.3 is 10.1 Å². The first kappa shape index (κ1) is 14.5. The first-order valence-corrected chi connectivity index (χ1v) is 7.02. The second-order valence-corrected chi connectivity index (χ2v) is 5.50. The van der Waals surface area contributed by atoms with Crippen LogP contribution >= 0.6 is 11.3 Å². The predicted molar refractivity (Wildman–Crippen MR) is 75.5 cm³/mol. The van der Waals surface area contributed by atoms with Crippen LogP contribution in [-0.2, 0) is 11.2 Å². The standard InChI is InChI=1S/C14H15FN2O2S/c1-10-8-17-14(20-10)6-7-16-13(18)9-19-12-5-3-2-4-11(12)15/h2-5,8H,6-7,9H2,1H3,(H,16,18). The third-order valence-corrected chi connectivity index (χ3v) is 3.50. The van der Waals surface area contributed by atoms with Crippen LogP contribution in [0.4, 0.5) is 4.39 Å². The van der Waals surface area contributed by atoms with Crippen LogP contribution in [0.5, 0.6) is 5.75 Å². The molecule has 0 aliphatic rings. The van der Waals surface area contributed by atoms with Crippen molar-refractivity contribution in [2.75, 3.05) is 13.2 Å². The molecule has 1 aromatic heterocycles. The number of nitrogens with one attached hydrogen (secondary N) is 1. The van der Waals surface area contributed by atoms with Gasteiger partial charge in [-0.25, -0.2) is 9.37 Å². The summed E-state index contributed by atoms with van der Waals surface area (Å²) in [4.78, 5) is 16.9. The molecular formula is C14H15FN2O2S. The molecule has 2 aromatic rings. The van der Waals surface area contributed by atoms with Gasteiger partial charge in [0.05, 0.1) is 5.01 Å². The molecule has 0 atom stereocenters. The number of benzene rings is 1. The number of hydrogen-bond donors (Lipinski definition) is 1. The number of rotatable bonds is 6. The predicted octanol–water partition coefficient (Wildman–Crippen LogP) is 2.33. The van der Waals surface area contributed by atoms with E-state index in [0.29, 0.717) is 13.0 Å². The summed E-state index contributed by atoms with van der Waals surface area (Å²) in [7, 11) is 0. The Balaban J connectivity index is 1.69. The summed E-state index contributed by atoms with van der Waals surface area (Å²) in [6, 6.07) is 6.00. The molecule has 0 unspecified atom stereocenters. The first-order chi connectivity index (χ1) is 9.65. The van der Waals surface area contributed by atoms with Gasteiger partial charge in [-0.2, -0.15) is 0 Å². The molecule has 1 N–H and O–H groups in total. The van der Waals surface area contributed by atoms with Gasteiger partial charge in [0.15, 0.2) is 18.2 Å². The molecule has 6 heteroatoms. The van der Waals surface area contributed by atoms with Crippen LogP contribution in [0.2, 0.25) is 0 Å². The number of ether oxygens (including phenoxy) is 1. The molecule has 0 aliphatic heterocycles. The van der Waals surface area contributed by atoms with Crippen molar-refractivity contribution in [3.8, 4) is 5.75 Å². The Hall–Kier alpha value is -1.95. The lowest BCUT2D eigenvalue weighted by atomic mass is 10.3. The molecule has 2 rings (SSSR count). The van der Waals surface area contributed by atoms with E-state index in [1.165, 1.54) is 12.1 Å². The molecule has 1 amide bonds. The number of amides is 1. The lowest BCUT2D eigenvalue weighted by molar-refractivity contribution is -0.123. The smallest absolute Gasteiger partial charge is 0.257 e. The summed E-state index contributed by atoms with van der Waals surface area (Å²) in [5.74, 6) is -0.668. The monoisotopic (exact) mass is 294 g/mol. The molecule has 0 saturated heterocycles. The van der Waals surface area contributed by atoms with Crippen molar-refractivity contribution in [1.82, 2.24) is 10.3 Å². The Labute approximate surface area is 120 Å². The molecule has 0 bridgehead atoms. The van der Waals surface area contributed by atoms with Gasteiger partial charge in [-0.1, -0.05) is 12.1 Å². The molecule has 0 fully saturated rings. The maximum absolute atomic E-state index is 13.3. The van der Waals surface area contributed by atoms with E-state index >= 15 is 0 Å². The van der Waals surface area contributed by atoms with E-state index in [1.54, 1.807) is 23.5 Å². The van der Waals surface area contributed by atoms with E-state index in [-0.39, 0.29) is 18.3 Å². The molecule has 0 saturated carbocycles. The van der Waals surface area contributed by atoms with Gasteiger partial charge >= 0.3 is 0 Å². The second-order valence-electron chi connectivity index (χ2n) is 4.18. The number of carbonyl (C=O) groups is 1. The molecule has 0 spiro atoms. The van der Waals surface area contributed by atoms with Gasteiger partial charge in [0.1, 0.15) is 0 Å². The number of carbonyl (C=O) groups excluding carboxylic acids is 1. The van der Waals surface area contributed by atoms with Crippen molar-refractivity contribution in [3.05, 3.63) is 46.2 Å². The van der Waals surface area contributed by atoms with Crippen LogP contribution in [0.3, 0.4) is 0 Å².